The smallest absolute Gasteiger partial charge is 0.0203 e. The van der Waals surface area contributed by atoms with E-state index in [0.29, 0.717) is 10.8 Å². The van der Waals surface area contributed by atoms with Gasteiger partial charge in [-0.05, 0) is 30.7 Å². The van der Waals surface area contributed by atoms with E-state index >= 15 is 0 Å². The SMILES string of the molecule is Cc1cccc(C2(CCC(C)(C)C)CNC2)c1. The largest absolute Gasteiger partial charge is 0.315 e. The number of hydrogen-bond donors (Lipinski definition) is 1. The number of rotatable bonds is 3. The lowest BCUT2D eigenvalue weighted by Gasteiger charge is -2.45. The lowest BCUT2D eigenvalue weighted by Crippen LogP contribution is -2.57. The minimum absolute atomic E-state index is 0.402. The van der Waals surface area contributed by atoms with E-state index in [1.54, 1.807) is 0 Å². The molecule has 0 amide bonds. The molecule has 1 aromatic carbocycles. The summed E-state index contributed by atoms with van der Waals surface area (Å²) >= 11 is 0. The van der Waals surface area contributed by atoms with Crippen LogP contribution in [0.4, 0.5) is 0 Å². The molecule has 0 unspecified atom stereocenters. The van der Waals surface area contributed by atoms with E-state index in [2.05, 4.69) is 57.3 Å². The summed E-state index contributed by atoms with van der Waals surface area (Å²) in [5.41, 5.74) is 3.75. The second-order valence-electron chi connectivity index (χ2n) is 6.81. The van der Waals surface area contributed by atoms with Crippen LogP contribution in [-0.2, 0) is 5.41 Å². The molecule has 94 valence electrons. The van der Waals surface area contributed by atoms with Crippen molar-refractivity contribution in [2.24, 2.45) is 5.41 Å². The van der Waals surface area contributed by atoms with Crippen molar-refractivity contribution < 1.29 is 0 Å². The van der Waals surface area contributed by atoms with Gasteiger partial charge >= 0.3 is 0 Å². The van der Waals surface area contributed by atoms with E-state index < -0.39 is 0 Å². The van der Waals surface area contributed by atoms with Crippen LogP contribution >= 0.6 is 0 Å². The van der Waals surface area contributed by atoms with Gasteiger partial charge in [0, 0.05) is 18.5 Å². The summed E-state index contributed by atoms with van der Waals surface area (Å²) in [6.45, 7) is 11.5. The molecule has 1 saturated heterocycles. The van der Waals surface area contributed by atoms with Gasteiger partial charge in [-0.2, -0.15) is 0 Å². The van der Waals surface area contributed by atoms with E-state index in [1.807, 2.05) is 0 Å². The molecular formula is C16H25N. The van der Waals surface area contributed by atoms with Gasteiger partial charge in [-0.15, -0.1) is 0 Å². The first-order valence-electron chi connectivity index (χ1n) is 6.69. The Kier molecular flexibility index (Phi) is 3.31. The molecule has 1 aliphatic heterocycles. The van der Waals surface area contributed by atoms with Gasteiger partial charge < -0.3 is 5.32 Å². The van der Waals surface area contributed by atoms with E-state index in [9.17, 15) is 0 Å². The van der Waals surface area contributed by atoms with E-state index in [0.717, 1.165) is 13.1 Å². The Morgan fingerprint density at radius 1 is 1.24 bits per heavy atom. The minimum atomic E-state index is 0.402. The average Bonchev–Trinajstić information content (AvgIpc) is 2.14. The monoisotopic (exact) mass is 231 g/mol. The van der Waals surface area contributed by atoms with Crippen LogP contribution in [0.1, 0.15) is 44.7 Å². The predicted molar refractivity (Wildman–Crippen MR) is 74.4 cm³/mol. The van der Waals surface area contributed by atoms with Crippen molar-refractivity contribution in [2.45, 2.75) is 46.0 Å². The third kappa shape index (κ3) is 2.90. The van der Waals surface area contributed by atoms with Gasteiger partial charge in [-0.25, -0.2) is 0 Å². The van der Waals surface area contributed by atoms with Crippen LogP contribution in [0, 0.1) is 12.3 Å². The molecule has 1 fully saturated rings. The molecule has 2 rings (SSSR count). The quantitative estimate of drug-likeness (QED) is 0.837. The zero-order valence-corrected chi connectivity index (χ0v) is 11.6. The van der Waals surface area contributed by atoms with Crippen LogP contribution in [0.15, 0.2) is 24.3 Å². The molecule has 1 heteroatoms. The third-order valence-corrected chi connectivity index (χ3v) is 3.91. The maximum absolute atomic E-state index is 3.46. The van der Waals surface area contributed by atoms with Gasteiger partial charge in [0.2, 0.25) is 0 Å². The molecule has 1 aromatic rings. The third-order valence-electron chi connectivity index (χ3n) is 3.91. The number of hydrogen-bond acceptors (Lipinski definition) is 1. The molecule has 0 saturated carbocycles. The van der Waals surface area contributed by atoms with Crippen LogP contribution in [0.2, 0.25) is 0 Å². The molecule has 0 aromatic heterocycles. The molecule has 1 N–H and O–H groups in total. The summed E-state index contributed by atoms with van der Waals surface area (Å²) in [6, 6.07) is 9.05. The van der Waals surface area contributed by atoms with Gasteiger partial charge in [0.05, 0.1) is 0 Å². The first-order chi connectivity index (χ1) is 7.91. The van der Waals surface area contributed by atoms with Crippen molar-refractivity contribution in [1.29, 1.82) is 0 Å². The highest BCUT2D eigenvalue weighted by Crippen LogP contribution is 2.37. The van der Waals surface area contributed by atoms with E-state index in [1.165, 1.54) is 24.0 Å². The minimum Gasteiger partial charge on any atom is -0.315 e. The molecule has 0 bridgehead atoms. The number of aryl methyl sites for hydroxylation is 1. The van der Waals surface area contributed by atoms with Gasteiger partial charge in [0.25, 0.3) is 0 Å². The molecule has 0 aliphatic carbocycles. The van der Waals surface area contributed by atoms with Crippen LogP contribution in [0.5, 0.6) is 0 Å². The highest BCUT2D eigenvalue weighted by Gasteiger charge is 2.38. The van der Waals surface area contributed by atoms with E-state index in [-0.39, 0.29) is 0 Å². The molecule has 1 heterocycles. The summed E-state index contributed by atoms with van der Waals surface area (Å²) in [6.07, 6.45) is 2.59. The summed E-state index contributed by atoms with van der Waals surface area (Å²) in [4.78, 5) is 0. The van der Waals surface area contributed by atoms with E-state index in [4.69, 9.17) is 0 Å². The number of nitrogens with one attached hydrogen (secondary N) is 1. The van der Waals surface area contributed by atoms with Crippen LogP contribution in [0.3, 0.4) is 0 Å². The van der Waals surface area contributed by atoms with Crippen LogP contribution < -0.4 is 5.32 Å². The molecule has 1 nitrogen and oxygen atoms in total. The fourth-order valence-corrected chi connectivity index (χ4v) is 2.54. The van der Waals surface area contributed by atoms with Crippen LogP contribution in [0.25, 0.3) is 0 Å². The topological polar surface area (TPSA) is 12.0 Å². The summed E-state index contributed by atoms with van der Waals surface area (Å²) in [5, 5.41) is 3.46. The lowest BCUT2D eigenvalue weighted by atomic mass is 9.69. The Morgan fingerprint density at radius 2 is 1.94 bits per heavy atom. The second-order valence-corrected chi connectivity index (χ2v) is 6.81. The molecular weight excluding hydrogens is 206 g/mol. The van der Waals surface area contributed by atoms with Gasteiger partial charge in [0.1, 0.15) is 0 Å². The Hall–Kier alpha value is -0.820. The predicted octanol–water partition coefficient (Wildman–Crippen LogP) is 3.66. The molecule has 0 spiro atoms. The van der Waals surface area contributed by atoms with Gasteiger partial charge in [-0.1, -0.05) is 50.6 Å². The molecule has 1 aliphatic rings. The summed E-state index contributed by atoms with van der Waals surface area (Å²) in [5.74, 6) is 0. The Morgan fingerprint density at radius 3 is 2.41 bits per heavy atom. The zero-order chi connectivity index (χ0) is 12.5. The maximum Gasteiger partial charge on any atom is 0.0203 e. The fraction of sp³-hybridized carbons (Fsp3) is 0.625. The highest BCUT2D eigenvalue weighted by atomic mass is 15.0. The normalized spacial score (nSPS) is 18.8. The first-order valence-corrected chi connectivity index (χ1v) is 6.69. The maximum atomic E-state index is 3.46. The van der Waals surface area contributed by atoms with Gasteiger partial charge in [0.15, 0.2) is 0 Å². The van der Waals surface area contributed by atoms with Crippen molar-refractivity contribution in [1.82, 2.24) is 5.32 Å². The average molecular weight is 231 g/mol. The van der Waals surface area contributed by atoms with Crippen molar-refractivity contribution in [3.05, 3.63) is 35.4 Å². The van der Waals surface area contributed by atoms with Crippen molar-refractivity contribution in [3.63, 3.8) is 0 Å². The first kappa shape index (κ1) is 12.6. The summed E-state index contributed by atoms with van der Waals surface area (Å²) < 4.78 is 0. The fourth-order valence-electron chi connectivity index (χ4n) is 2.54. The molecule has 0 radical (unpaired) electrons. The Balaban J connectivity index is 2.14. The Labute approximate surface area is 106 Å². The summed E-state index contributed by atoms with van der Waals surface area (Å²) in [7, 11) is 0. The standard InChI is InChI=1S/C16H25N/c1-13-6-5-7-14(10-13)16(11-17-12-16)9-8-15(2,3)4/h5-7,10,17H,8-9,11-12H2,1-4H3. The Bertz CT molecular complexity index is 383. The van der Waals surface area contributed by atoms with Gasteiger partial charge in [-0.3, -0.25) is 0 Å². The highest BCUT2D eigenvalue weighted by molar-refractivity contribution is 5.33. The molecule has 17 heavy (non-hydrogen) atoms. The zero-order valence-electron chi connectivity index (χ0n) is 11.6. The number of benzene rings is 1. The van der Waals surface area contributed by atoms with Crippen molar-refractivity contribution in [2.75, 3.05) is 13.1 Å². The van der Waals surface area contributed by atoms with Crippen molar-refractivity contribution in [3.8, 4) is 0 Å². The lowest BCUT2D eigenvalue weighted by molar-refractivity contribution is 0.215. The molecule has 0 atom stereocenters. The van der Waals surface area contributed by atoms with Crippen LogP contribution in [-0.4, -0.2) is 13.1 Å². The van der Waals surface area contributed by atoms with Crippen molar-refractivity contribution >= 4 is 0 Å². The second kappa shape index (κ2) is 4.45.